The van der Waals surface area contributed by atoms with Gasteiger partial charge in [-0.25, -0.2) is 4.68 Å². The Bertz CT molecular complexity index is 1500. The highest BCUT2D eigenvalue weighted by Gasteiger charge is 2.26. The summed E-state index contributed by atoms with van der Waals surface area (Å²) in [6.07, 6.45) is 7.54. The van der Waals surface area contributed by atoms with Gasteiger partial charge in [-0.2, -0.15) is 0 Å². The lowest BCUT2D eigenvalue weighted by molar-refractivity contribution is 0.0963. The number of anilines is 1. The zero-order valence-electron chi connectivity index (χ0n) is 24.6. The average molecular weight is 542 g/mol. The van der Waals surface area contributed by atoms with Gasteiger partial charge in [-0.15, -0.1) is 5.10 Å². The summed E-state index contributed by atoms with van der Waals surface area (Å²) in [6.45, 7) is 18.8. The van der Waals surface area contributed by atoms with Crippen LogP contribution in [-0.2, 0) is 11.8 Å². The molecular weight excluding hydrogens is 502 g/mol. The highest BCUT2D eigenvalue weighted by molar-refractivity contribution is 5.95. The number of piperazine rings is 1. The monoisotopic (exact) mass is 541 g/mol. The number of hydrogen-bond donors (Lipinski definition) is 0. The first-order chi connectivity index (χ1) is 18.9. The summed E-state index contributed by atoms with van der Waals surface area (Å²) in [7, 11) is 0. The van der Waals surface area contributed by atoms with Crippen LogP contribution >= 0.6 is 0 Å². The van der Waals surface area contributed by atoms with Crippen molar-refractivity contribution in [1.82, 2.24) is 29.9 Å². The maximum atomic E-state index is 12.9. The largest absolute Gasteiger partial charge is 0.457 e. The molecule has 0 spiro atoms. The highest BCUT2D eigenvalue weighted by atomic mass is 16.3. The fourth-order valence-corrected chi connectivity index (χ4v) is 4.95. The number of nitrogens with zero attached hydrogens (tertiary/aromatic N) is 7. The third-order valence-electron chi connectivity index (χ3n) is 7.45. The van der Waals surface area contributed by atoms with Crippen LogP contribution in [-0.4, -0.2) is 67.4 Å². The minimum Gasteiger partial charge on any atom is -0.457 e. The molecule has 5 heterocycles. The molecule has 0 aromatic carbocycles. The van der Waals surface area contributed by atoms with E-state index < -0.39 is 0 Å². The molecule has 210 valence electrons. The number of furan rings is 1. The van der Waals surface area contributed by atoms with Gasteiger partial charge >= 0.3 is 0 Å². The minimum atomic E-state index is -0.155. The van der Waals surface area contributed by atoms with Crippen LogP contribution in [0.4, 0.5) is 5.69 Å². The molecule has 0 bridgehead atoms. The van der Waals surface area contributed by atoms with Crippen LogP contribution in [0.5, 0.6) is 0 Å². The molecule has 0 unspecified atom stereocenters. The smallest absolute Gasteiger partial charge is 0.202 e. The quantitative estimate of drug-likeness (QED) is 0.305. The van der Waals surface area contributed by atoms with E-state index in [0.717, 1.165) is 65.8 Å². The van der Waals surface area contributed by atoms with Gasteiger partial charge < -0.3 is 9.32 Å². The number of carbonyl (C=O) groups is 1. The molecule has 0 atom stereocenters. The molecule has 9 heteroatoms. The molecular formula is C31H39N7O2. The third kappa shape index (κ3) is 5.99. The van der Waals surface area contributed by atoms with Crippen LogP contribution in [0.1, 0.15) is 69.1 Å². The number of pyridine rings is 2. The predicted octanol–water partition coefficient (Wildman–Crippen LogP) is 5.27. The van der Waals surface area contributed by atoms with Gasteiger partial charge in [0.1, 0.15) is 11.5 Å². The Morgan fingerprint density at radius 1 is 0.975 bits per heavy atom. The van der Waals surface area contributed by atoms with Crippen LogP contribution in [0.3, 0.4) is 0 Å². The van der Waals surface area contributed by atoms with Crippen molar-refractivity contribution < 1.29 is 9.21 Å². The van der Waals surface area contributed by atoms with E-state index >= 15 is 0 Å². The molecule has 0 saturated carbocycles. The summed E-state index contributed by atoms with van der Waals surface area (Å²) >= 11 is 0. The Labute approximate surface area is 236 Å². The molecule has 1 aliphatic heterocycles. The van der Waals surface area contributed by atoms with E-state index in [0.29, 0.717) is 5.76 Å². The lowest BCUT2D eigenvalue weighted by atomic mass is 9.94. The van der Waals surface area contributed by atoms with E-state index in [1.165, 1.54) is 0 Å². The van der Waals surface area contributed by atoms with Gasteiger partial charge in [-0.05, 0) is 57.5 Å². The molecule has 1 fully saturated rings. The van der Waals surface area contributed by atoms with E-state index in [-0.39, 0.29) is 23.2 Å². The molecule has 1 saturated heterocycles. The Morgan fingerprint density at radius 2 is 1.73 bits per heavy atom. The molecule has 0 aliphatic carbocycles. The summed E-state index contributed by atoms with van der Waals surface area (Å²) in [5.74, 6) is 1.07. The SMILES string of the molecule is Cc1ncc(CC(=O)c2ccc(C(C)(C)C)o2)cc1-n1cc(-c2cncc(N3CCN(C(C)(C)C)CC3)c2)nn1. The van der Waals surface area contributed by atoms with Gasteiger partial charge in [-0.3, -0.25) is 19.7 Å². The number of ketones is 1. The maximum Gasteiger partial charge on any atom is 0.202 e. The Balaban J connectivity index is 1.31. The summed E-state index contributed by atoms with van der Waals surface area (Å²) < 4.78 is 7.55. The summed E-state index contributed by atoms with van der Waals surface area (Å²) in [5, 5.41) is 8.82. The van der Waals surface area contributed by atoms with Crippen molar-refractivity contribution >= 4 is 11.5 Å². The summed E-state index contributed by atoms with van der Waals surface area (Å²) in [4.78, 5) is 26.9. The van der Waals surface area contributed by atoms with Crippen molar-refractivity contribution in [3.63, 3.8) is 0 Å². The van der Waals surface area contributed by atoms with Crippen LogP contribution in [0.2, 0.25) is 0 Å². The summed E-state index contributed by atoms with van der Waals surface area (Å²) in [6, 6.07) is 7.69. The first-order valence-corrected chi connectivity index (χ1v) is 13.9. The number of Topliss-reactive ketones (excluding diaryl/α,β-unsaturated/α-hetero) is 1. The molecule has 4 aromatic heterocycles. The van der Waals surface area contributed by atoms with Crippen LogP contribution < -0.4 is 4.90 Å². The molecule has 9 nitrogen and oxygen atoms in total. The number of aromatic nitrogens is 5. The van der Waals surface area contributed by atoms with Crippen LogP contribution in [0.25, 0.3) is 16.9 Å². The Hall–Kier alpha value is -3.85. The highest BCUT2D eigenvalue weighted by Crippen LogP contribution is 2.27. The molecule has 0 amide bonds. The van der Waals surface area contributed by atoms with Gasteiger partial charge in [0.25, 0.3) is 0 Å². The first kappa shape index (κ1) is 27.7. The molecule has 1 aliphatic rings. The van der Waals surface area contributed by atoms with Crippen LogP contribution in [0.15, 0.2) is 53.5 Å². The third-order valence-corrected chi connectivity index (χ3v) is 7.45. The fourth-order valence-electron chi connectivity index (χ4n) is 4.95. The van der Waals surface area contributed by atoms with E-state index in [4.69, 9.17) is 4.42 Å². The number of carbonyl (C=O) groups excluding carboxylic acids is 1. The van der Waals surface area contributed by atoms with Crippen molar-refractivity contribution in [2.45, 2.75) is 65.8 Å². The first-order valence-electron chi connectivity index (χ1n) is 13.9. The summed E-state index contributed by atoms with van der Waals surface area (Å²) in [5.41, 5.74) is 5.11. The normalized spacial score (nSPS) is 15.0. The molecule has 4 aromatic rings. The van der Waals surface area contributed by atoms with Crippen molar-refractivity contribution in [1.29, 1.82) is 0 Å². The minimum absolute atomic E-state index is 0.0856. The van der Waals surface area contributed by atoms with Crippen molar-refractivity contribution in [2.24, 2.45) is 0 Å². The molecule has 5 rings (SSSR count). The van der Waals surface area contributed by atoms with Crippen LogP contribution in [0, 0.1) is 6.92 Å². The maximum absolute atomic E-state index is 12.9. The zero-order chi connectivity index (χ0) is 28.7. The van der Waals surface area contributed by atoms with E-state index in [1.54, 1.807) is 16.9 Å². The molecule has 0 N–H and O–H groups in total. The van der Waals surface area contributed by atoms with E-state index in [9.17, 15) is 4.79 Å². The standard InChI is InChI=1S/C31H39N7O2/c1-21-26(14-22(17-33-21)15-27(39)28-8-9-29(40-28)30(2,3)4)38-20-25(34-35-38)23-16-24(19-32-18-23)36-10-12-37(13-11-36)31(5,6)7/h8-9,14,16-20H,10-13,15H2,1-7H3. The molecule has 40 heavy (non-hydrogen) atoms. The van der Waals surface area contributed by atoms with Gasteiger partial charge in [-0.1, -0.05) is 26.0 Å². The Kier molecular flexibility index (Phi) is 7.35. The predicted molar refractivity (Wildman–Crippen MR) is 156 cm³/mol. The second kappa shape index (κ2) is 10.6. The number of aryl methyl sites for hydroxylation is 1. The van der Waals surface area contributed by atoms with Gasteiger partial charge in [0.05, 0.1) is 29.5 Å². The van der Waals surface area contributed by atoms with Gasteiger partial charge in [0, 0.05) is 61.5 Å². The lowest BCUT2D eigenvalue weighted by Gasteiger charge is -2.43. The second-order valence-electron chi connectivity index (χ2n) is 12.6. The number of rotatable bonds is 6. The van der Waals surface area contributed by atoms with Crippen molar-refractivity contribution in [3.8, 4) is 16.9 Å². The van der Waals surface area contributed by atoms with Gasteiger partial charge in [0.15, 0.2) is 5.76 Å². The van der Waals surface area contributed by atoms with Crippen molar-refractivity contribution in [3.05, 3.63) is 71.8 Å². The average Bonchev–Trinajstić information content (AvgIpc) is 3.60. The topological polar surface area (TPSA) is 93.2 Å². The lowest BCUT2D eigenvalue weighted by Crippen LogP contribution is -2.53. The molecule has 0 radical (unpaired) electrons. The van der Waals surface area contributed by atoms with Gasteiger partial charge in [0.2, 0.25) is 5.78 Å². The van der Waals surface area contributed by atoms with E-state index in [2.05, 4.69) is 77.7 Å². The van der Waals surface area contributed by atoms with Crippen molar-refractivity contribution in [2.75, 3.05) is 31.1 Å². The number of hydrogen-bond acceptors (Lipinski definition) is 8. The second-order valence-corrected chi connectivity index (χ2v) is 12.6. The fraction of sp³-hybridized carbons (Fsp3) is 0.452. The zero-order valence-corrected chi connectivity index (χ0v) is 24.6. The van der Waals surface area contributed by atoms with E-state index in [1.807, 2.05) is 37.6 Å². The Morgan fingerprint density at radius 3 is 2.40 bits per heavy atom.